The number of fused-ring (bicyclic) bond motifs is 1. The molecule has 0 radical (unpaired) electrons. The zero-order chi connectivity index (χ0) is 18.1. The molecular weight excluding hydrogens is 330 g/mol. The molecule has 2 aromatic heterocycles. The molecule has 0 aliphatic rings. The minimum absolute atomic E-state index is 0.202. The van der Waals surface area contributed by atoms with Crippen molar-refractivity contribution < 1.29 is 9.15 Å². The zero-order valence-corrected chi connectivity index (χ0v) is 14.4. The summed E-state index contributed by atoms with van der Waals surface area (Å²) in [5.74, 6) is 1.75. The van der Waals surface area contributed by atoms with Crippen molar-refractivity contribution in [2.75, 3.05) is 12.3 Å². The topological polar surface area (TPSA) is 100.0 Å². The van der Waals surface area contributed by atoms with E-state index in [4.69, 9.17) is 14.9 Å². The Morgan fingerprint density at radius 3 is 2.38 bits per heavy atom. The summed E-state index contributed by atoms with van der Waals surface area (Å²) < 4.78 is 11.1. The fourth-order valence-corrected chi connectivity index (χ4v) is 2.76. The fourth-order valence-electron chi connectivity index (χ4n) is 2.76. The second-order valence-electron chi connectivity index (χ2n) is 5.76. The lowest BCUT2D eigenvalue weighted by Crippen LogP contribution is -2.01. The van der Waals surface area contributed by atoms with Gasteiger partial charge in [-0.25, -0.2) is 4.98 Å². The monoisotopic (exact) mass is 347 g/mol. The van der Waals surface area contributed by atoms with Crippen molar-refractivity contribution in [1.82, 2.24) is 20.2 Å². The highest BCUT2D eigenvalue weighted by atomic mass is 16.5. The molecule has 2 heterocycles. The molecule has 2 aromatic carbocycles. The highest BCUT2D eigenvalue weighted by molar-refractivity contribution is 5.89. The summed E-state index contributed by atoms with van der Waals surface area (Å²) in [6.45, 7) is 4.19. The number of aromatic nitrogens is 4. The Kier molecular flexibility index (Phi) is 3.96. The smallest absolute Gasteiger partial charge is 0.247 e. The highest BCUT2D eigenvalue weighted by Crippen LogP contribution is 2.30. The van der Waals surface area contributed by atoms with E-state index in [1.54, 1.807) is 6.92 Å². The number of rotatable bonds is 4. The summed E-state index contributed by atoms with van der Waals surface area (Å²) in [5.41, 5.74) is 9.46. The number of hydrogen-bond donors (Lipinski definition) is 1. The predicted molar refractivity (Wildman–Crippen MR) is 98.6 cm³/mol. The third-order valence-electron chi connectivity index (χ3n) is 3.95. The molecule has 4 rings (SSSR count). The highest BCUT2D eigenvalue weighted by Gasteiger charge is 2.10. The van der Waals surface area contributed by atoms with Crippen LogP contribution in [-0.4, -0.2) is 26.8 Å². The lowest BCUT2D eigenvalue weighted by Gasteiger charge is -2.09. The number of aryl methyl sites for hydroxylation is 1. The van der Waals surface area contributed by atoms with Gasteiger partial charge in [0.25, 0.3) is 0 Å². The summed E-state index contributed by atoms with van der Waals surface area (Å²) in [7, 11) is 0. The van der Waals surface area contributed by atoms with E-state index in [-0.39, 0.29) is 5.95 Å². The molecule has 26 heavy (non-hydrogen) atoms. The van der Waals surface area contributed by atoms with E-state index in [0.29, 0.717) is 24.3 Å². The molecule has 0 aliphatic heterocycles. The van der Waals surface area contributed by atoms with Crippen LogP contribution < -0.4 is 10.5 Å². The molecule has 7 heteroatoms. The summed E-state index contributed by atoms with van der Waals surface area (Å²) in [6, 6.07) is 13.8. The summed E-state index contributed by atoms with van der Waals surface area (Å²) in [4.78, 5) is 8.47. The van der Waals surface area contributed by atoms with Gasteiger partial charge in [-0.3, -0.25) is 0 Å². The van der Waals surface area contributed by atoms with Crippen molar-refractivity contribution in [1.29, 1.82) is 0 Å². The van der Waals surface area contributed by atoms with Crippen LogP contribution in [0.4, 0.5) is 5.95 Å². The van der Waals surface area contributed by atoms with Gasteiger partial charge in [-0.1, -0.05) is 18.2 Å². The van der Waals surface area contributed by atoms with Crippen molar-refractivity contribution in [2.45, 2.75) is 13.8 Å². The molecule has 0 aliphatic carbocycles. The van der Waals surface area contributed by atoms with E-state index in [9.17, 15) is 0 Å². The number of nitrogens with two attached hydrogens (primary N) is 1. The SMILES string of the molecule is CCOc1nc(N)nc2ccc(-c3ccc(-c4nnc(C)o4)cc3)cc12. The number of nitrogen functional groups attached to an aromatic ring is 1. The Hall–Kier alpha value is -3.48. The standard InChI is InChI=1S/C19H17N5O2/c1-3-25-18-15-10-14(8-9-16(15)21-19(20)22-18)12-4-6-13(7-5-12)17-24-23-11(2)26-17/h4-10H,3H2,1-2H3,(H2,20,21,22). The van der Waals surface area contributed by atoms with Gasteiger partial charge in [0, 0.05) is 12.5 Å². The molecule has 4 aromatic rings. The molecule has 0 fully saturated rings. The maximum Gasteiger partial charge on any atom is 0.247 e. The minimum Gasteiger partial charge on any atom is -0.477 e. The maximum absolute atomic E-state index is 5.76. The molecular formula is C19H17N5O2. The first-order valence-corrected chi connectivity index (χ1v) is 8.25. The van der Waals surface area contributed by atoms with Crippen LogP contribution in [0.15, 0.2) is 46.9 Å². The quantitative estimate of drug-likeness (QED) is 0.601. The van der Waals surface area contributed by atoms with Gasteiger partial charge in [0.05, 0.1) is 17.5 Å². The maximum atomic E-state index is 5.76. The number of benzene rings is 2. The average Bonchev–Trinajstić information content (AvgIpc) is 3.08. The Morgan fingerprint density at radius 1 is 0.962 bits per heavy atom. The Labute approximate surface area is 149 Å². The average molecular weight is 347 g/mol. The van der Waals surface area contributed by atoms with Gasteiger partial charge in [-0.2, -0.15) is 4.98 Å². The van der Waals surface area contributed by atoms with Gasteiger partial charge >= 0.3 is 0 Å². The van der Waals surface area contributed by atoms with Crippen molar-refractivity contribution in [3.63, 3.8) is 0 Å². The molecule has 0 amide bonds. The van der Waals surface area contributed by atoms with Gasteiger partial charge in [-0.15, -0.1) is 10.2 Å². The van der Waals surface area contributed by atoms with Gasteiger partial charge in [0.1, 0.15) is 0 Å². The molecule has 130 valence electrons. The largest absolute Gasteiger partial charge is 0.477 e. The first-order valence-electron chi connectivity index (χ1n) is 8.25. The van der Waals surface area contributed by atoms with Crippen LogP contribution in [0.25, 0.3) is 33.5 Å². The first kappa shape index (κ1) is 16.0. The second kappa shape index (κ2) is 6.44. The van der Waals surface area contributed by atoms with E-state index >= 15 is 0 Å². The lowest BCUT2D eigenvalue weighted by molar-refractivity contribution is 0.331. The summed E-state index contributed by atoms with van der Waals surface area (Å²) in [6.07, 6.45) is 0. The van der Waals surface area contributed by atoms with Crippen LogP contribution in [0.2, 0.25) is 0 Å². The van der Waals surface area contributed by atoms with Crippen LogP contribution in [0, 0.1) is 6.92 Å². The molecule has 0 atom stereocenters. The minimum atomic E-state index is 0.202. The predicted octanol–water partition coefficient (Wildman–Crippen LogP) is 3.64. The summed E-state index contributed by atoms with van der Waals surface area (Å²) in [5, 5.41) is 8.72. The van der Waals surface area contributed by atoms with Crippen molar-refractivity contribution in [3.05, 3.63) is 48.4 Å². The van der Waals surface area contributed by atoms with Crippen molar-refractivity contribution >= 4 is 16.9 Å². The number of hydrogen-bond acceptors (Lipinski definition) is 7. The first-order chi connectivity index (χ1) is 12.6. The molecule has 0 bridgehead atoms. The molecule has 0 unspecified atom stereocenters. The third kappa shape index (κ3) is 2.95. The van der Waals surface area contributed by atoms with Crippen LogP contribution in [0.5, 0.6) is 5.88 Å². The van der Waals surface area contributed by atoms with Gasteiger partial charge in [0.15, 0.2) is 0 Å². The van der Waals surface area contributed by atoms with Gasteiger partial charge in [-0.05, 0) is 42.3 Å². The normalized spacial score (nSPS) is 11.0. The Morgan fingerprint density at radius 2 is 1.69 bits per heavy atom. The van der Waals surface area contributed by atoms with Gasteiger partial charge < -0.3 is 14.9 Å². The van der Waals surface area contributed by atoms with E-state index in [2.05, 4.69) is 20.2 Å². The van der Waals surface area contributed by atoms with Crippen LogP contribution in [0.3, 0.4) is 0 Å². The Bertz CT molecular complexity index is 1070. The van der Waals surface area contributed by atoms with Crippen LogP contribution in [0.1, 0.15) is 12.8 Å². The van der Waals surface area contributed by atoms with Crippen LogP contribution >= 0.6 is 0 Å². The lowest BCUT2D eigenvalue weighted by atomic mass is 10.0. The zero-order valence-electron chi connectivity index (χ0n) is 14.4. The fraction of sp³-hybridized carbons (Fsp3) is 0.158. The molecule has 0 saturated carbocycles. The van der Waals surface area contributed by atoms with E-state index in [1.165, 1.54) is 0 Å². The third-order valence-corrected chi connectivity index (χ3v) is 3.95. The van der Waals surface area contributed by atoms with E-state index < -0.39 is 0 Å². The molecule has 0 spiro atoms. The molecule has 2 N–H and O–H groups in total. The Balaban J connectivity index is 1.74. The van der Waals surface area contributed by atoms with Crippen molar-refractivity contribution in [2.24, 2.45) is 0 Å². The number of ether oxygens (including phenoxy) is 1. The second-order valence-corrected chi connectivity index (χ2v) is 5.76. The number of nitrogens with zero attached hydrogens (tertiary/aromatic N) is 4. The number of anilines is 1. The molecule has 7 nitrogen and oxygen atoms in total. The van der Waals surface area contributed by atoms with Crippen molar-refractivity contribution in [3.8, 4) is 28.5 Å². The van der Waals surface area contributed by atoms with Crippen LogP contribution in [-0.2, 0) is 0 Å². The van der Waals surface area contributed by atoms with E-state index in [1.807, 2.05) is 49.4 Å². The summed E-state index contributed by atoms with van der Waals surface area (Å²) >= 11 is 0. The van der Waals surface area contributed by atoms with Gasteiger partial charge in [0.2, 0.25) is 23.6 Å². The van der Waals surface area contributed by atoms with E-state index in [0.717, 1.165) is 27.6 Å². The molecule has 0 saturated heterocycles.